The van der Waals surface area contributed by atoms with Gasteiger partial charge in [0, 0.05) is 19.1 Å². The van der Waals surface area contributed by atoms with E-state index in [9.17, 15) is 8.42 Å². The van der Waals surface area contributed by atoms with Gasteiger partial charge in [0.25, 0.3) is 0 Å². The number of nitrogens with one attached hydrogen (secondary N) is 2. The third-order valence-electron chi connectivity index (χ3n) is 2.42. The third kappa shape index (κ3) is 6.87. The van der Waals surface area contributed by atoms with E-state index >= 15 is 0 Å². The van der Waals surface area contributed by atoms with Gasteiger partial charge in [-0.3, -0.25) is 0 Å². The maximum absolute atomic E-state index is 11.5. The van der Waals surface area contributed by atoms with Gasteiger partial charge in [-0.1, -0.05) is 13.8 Å². The van der Waals surface area contributed by atoms with Crippen LogP contribution in [0.2, 0.25) is 0 Å². The molecular weight excluding hydrogens is 212 g/mol. The van der Waals surface area contributed by atoms with E-state index in [0.717, 1.165) is 13.0 Å². The van der Waals surface area contributed by atoms with Crippen LogP contribution in [0.25, 0.3) is 0 Å². The van der Waals surface area contributed by atoms with Crippen molar-refractivity contribution in [2.45, 2.75) is 39.2 Å². The van der Waals surface area contributed by atoms with Crippen molar-refractivity contribution in [3.05, 3.63) is 0 Å². The van der Waals surface area contributed by atoms with Crippen molar-refractivity contribution in [1.82, 2.24) is 10.0 Å². The number of hydrogen-bond donors (Lipinski definition) is 2. The summed E-state index contributed by atoms with van der Waals surface area (Å²) < 4.78 is 25.5. The van der Waals surface area contributed by atoms with Crippen LogP contribution in [0.3, 0.4) is 0 Å². The highest BCUT2D eigenvalue weighted by Gasteiger charge is 2.19. The van der Waals surface area contributed by atoms with E-state index in [1.807, 2.05) is 13.8 Å². The molecule has 4 nitrogen and oxygen atoms in total. The molecule has 15 heavy (non-hydrogen) atoms. The topological polar surface area (TPSA) is 58.2 Å². The predicted octanol–water partition coefficient (Wildman–Crippen LogP) is 0.704. The van der Waals surface area contributed by atoms with Gasteiger partial charge in [-0.15, -0.1) is 0 Å². The first kappa shape index (κ1) is 12.9. The van der Waals surface area contributed by atoms with Crippen LogP contribution in [-0.4, -0.2) is 33.3 Å². The van der Waals surface area contributed by atoms with E-state index < -0.39 is 10.0 Å². The Kier molecular flexibility index (Phi) is 5.02. The Morgan fingerprint density at radius 1 is 1.27 bits per heavy atom. The smallest absolute Gasteiger partial charge is 0.211 e. The fraction of sp³-hybridized carbons (Fsp3) is 1.00. The molecule has 90 valence electrons. The fourth-order valence-electron chi connectivity index (χ4n) is 1.23. The normalized spacial score (nSPS) is 17.3. The zero-order valence-corrected chi connectivity index (χ0v) is 10.4. The van der Waals surface area contributed by atoms with Gasteiger partial charge in [-0.2, -0.15) is 0 Å². The molecular formula is C10H22N2O2S. The number of hydrogen-bond acceptors (Lipinski definition) is 3. The van der Waals surface area contributed by atoms with Crippen molar-refractivity contribution in [3.63, 3.8) is 0 Å². The molecule has 1 aliphatic carbocycles. The maximum Gasteiger partial charge on any atom is 0.211 e. The van der Waals surface area contributed by atoms with Crippen LogP contribution in [0.4, 0.5) is 0 Å². The Labute approximate surface area is 92.9 Å². The first-order chi connectivity index (χ1) is 6.99. The Morgan fingerprint density at radius 2 is 1.93 bits per heavy atom. The lowest BCUT2D eigenvalue weighted by atomic mass is 10.2. The summed E-state index contributed by atoms with van der Waals surface area (Å²) in [6.45, 7) is 5.32. The van der Waals surface area contributed by atoms with E-state index in [4.69, 9.17) is 0 Å². The highest BCUT2D eigenvalue weighted by atomic mass is 32.2. The summed E-state index contributed by atoms with van der Waals surface area (Å²) in [5, 5.41) is 3.27. The standard InChI is InChI=1S/C10H22N2O2S/c1-9(2)5-8-15(13,14)12-7-6-11-10-3-4-10/h9-12H,3-8H2,1-2H3. The zero-order valence-electron chi connectivity index (χ0n) is 9.62. The molecule has 0 atom stereocenters. The Morgan fingerprint density at radius 3 is 2.47 bits per heavy atom. The average Bonchev–Trinajstić information content (AvgIpc) is 2.93. The Bertz CT molecular complexity index is 271. The molecule has 0 unspecified atom stereocenters. The summed E-state index contributed by atoms with van der Waals surface area (Å²) in [5.74, 6) is 0.680. The molecule has 1 aliphatic rings. The van der Waals surface area contributed by atoms with Crippen LogP contribution in [0.5, 0.6) is 0 Å². The van der Waals surface area contributed by atoms with Crippen LogP contribution in [0.1, 0.15) is 33.1 Å². The lowest BCUT2D eigenvalue weighted by Gasteiger charge is -2.08. The van der Waals surface area contributed by atoms with Crippen molar-refractivity contribution in [2.24, 2.45) is 5.92 Å². The van der Waals surface area contributed by atoms with Gasteiger partial charge in [0.2, 0.25) is 10.0 Å². The van der Waals surface area contributed by atoms with Crippen molar-refractivity contribution >= 4 is 10.0 Å². The molecule has 1 fully saturated rings. The molecule has 0 aromatic rings. The largest absolute Gasteiger partial charge is 0.313 e. The molecule has 0 saturated heterocycles. The van der Waals surface area contributed by atoms with Gasteiger partial charge in [0.15, 0.2) is 0 Å². The molecule has 1 saturated carbocycles. The minimum atomic E-state index is -3.04. The van der Waals surface area contributed by atoms with Crippen molar-refractivity contribution in [1.29, 1.82) is 0 Å². The van der Waals surface area contributed by atoms with Crippen LogP contribution < -0.4 is 10.0 Å². The molecule has 0 aromatic heterocycles. The summed E-state index contributed by atoms with van der Waals surface area (Å²) in [6, 6.07) is 0.644. The van der Waals surface area contributed by atoms with E-state index in [1.54, 1.807) is 0 Å². The summed E-state index contributed by atoms with van der Waals surface area (Å²) in [7, 11) is -3.04. The van der Waals surface area contributed by atoms with Crippen molar-refractivity contribution < 1.29 is 8.42 Å². The summed E-state index contributed by atoms with van der Waals surface area (Å²) in [5.41, 5.74) is 0. The monoisotopic (exact) mass is 234 g/mol. The quantitative estimate of drug-likeness (QED) is 0.608. The molecule has 5 heteroatoms. The second-order valence-electron chi connectivity index (χ2n) is 4.62. The summed E-state index contributed by atoms with van der Waals surface area (Å²) in [6.07, 6.45) is 3.20. The maximum atomic E-state index is 11.5. The fourth-order valence-corrected chi connectivity index (χ4v) is 2.57. The van der Waals surface area contributed by atoms with Gasteiger partial charge in [-0.25, -0.2) is 13.1 Å². The predicted molar refractivity (Wildman–Crippen MR) is 62.3 cm³/mol. The Balaban J connectivity index is 2.05. The second kappa shape index (κ2) is 5.82. The van der Waals surface area contributed by atoms with Crippen LogP contribution >= 0.6 is 0 Å². The van der Waals surface area contributed by atoms with Crippen LogP contribution in [-0.2, 0) is 10.0 Å². The first-order valence-electron chi connectivity index (χ1n) is 5.70. The van der Waals surface area contributed by atoms with Gasteiger partial charge in [-0.05, 0) is 25.2 Å². The van der Waals surface area contributed by atoms with E-state index in [-0.39, 0.29) is 5.75 Å². The highest BCUT2D eigenvalue weighted by molar-refractivity contribution is 7.89. The summed E-state index contributed by atoms with van der Waals surface area (Å²) in [4.78, 5) is 0. The highest BCUT2D eigenvalue weighted by Crippen LogP contribution is 2.17. The van der Waals surface area contributed by atoms with Crippen LogP contribution in [0, 0.1) is 5.92 Å². The lowest BCUT2D eigenvalue weighted by molar-refractivity contribution is 0.558. The van der Waals surface area contributed by atoms with Crippen molar-refractivity contribution in [2.75, 3.05) is 18.8 Å². The van der Waals surface area contributed by atoms with E-state index in [1.165, 1.54) is 12.8 Å². The molecule has 0 heterocycles. The number of rotatable bonds is 8. The molecule has 0 spiro atoms. The molecule has 0 aromatic carbocycles. The third-order valence-corrected chi connectivity index (χ3v) is 3.84. The molecule has 1 rings (SSSR count). The number of sulfonamides is 1. The van der Waals surface area contributed by atoms with E-state index in [2.05, 4.69) is 10.0 Å². The molecule has 0 aliphatic heterocycles. The minimum Gasteiger partial charge on any atom is -0.313 e. The van der Waals surface area contributed by atoms with Crippen molar-refractivity contribution in [3.8, 4) is 0 Å². The van der Waals surface area contributed by atoms with Gasteiger partial charge >= 0.3 is 0 Å². The average molecular weight is 234 g/mol. The lowest BCUT2D eigenvalue weighted by Crippen LogP contribution is -2.34. The minimum absolute atomic E-state index is 0.244. The first-order valence-corrected chi connectivity index (χ1v) is 7.35. The van der Waals surface area contributed by atoms with Crippen LogP contribution in [0.15, 0.2) is 0 Å². The van der Waals surface area contributed by atoms with E-state index in [0.29, 0.717) is 18.5 Å². The van der Waals surface area contributed by atoms with Gasteiger partial charge in [0.05, 0.1) is 5.75 Å². The zero-order chi connectivity index (χ0) is 11.3. The summed E-state index contributed by atoms with van der Waals surface area (Å²) >= 11 is 0. The Hall–Kier alpha value is -0.130. The van der Waals surface area contributed by atoms with Gasteiger partial charge in [0.1, 0.15) is 0 Å². The molecule has 0 radical (unpaired) electrons. The molecule has 0 amide bonds. The van der Waals surface area contributed by atoms with Gasteiger partial charge < -0.3 is 5.32 Å². The molecule has 0 bridgehead atoms. The molecule has 2 N–H and O–H groups in total. The SMILES string of the molecule is CC(C)CCS(=O)(=O)NCCNC1CC1. The second-order valence-corrected chi connectivity index (χ2v) is 6.55.